The summed E-state index contributed by atoms with van der Waals surface area (Å²) in [6, 6.07) is 8.92. The van der Waals surface area contributed by atoms with Gasteiger partial charge in [-0.05, 0) is 24.9 Å². The molecule has 1 aliphatic rings. The van der Waals surface area contributed by atoms with Crippen LogP contribution < -0.4 is 10.6 Å². The summed E-state index contributed by atoms with van der Waals surface area (Å²) in [5.41, 5.74) is 6.95. The zero-order valence-corrected chi connectivity index (χ0v) is 12.2. The van der Waals surface area contributed by atoms with Crippen molar-refractivity contribution >= 4 is 16.6 Å². The van der Waals surface area contributed by atoms with Gasteiger partial charge in [-0.1, -0.05) is 24.3 Å². The minimum atomic E-state index is 0.480. The fraction of sp³-hybridized carbons (Fsp3) is 0.438. The van der Waals surface area contributed by atoms with Crippen molar-refractivity contribution in [2.45, 2.75) is 19.5 Å². The van der Waals surface area contributed by atoms with Crippen LogP contribution in [-0.2, 0) is 6.54 Å². The highest BCUT2D eigenvalue weighted by molar-refractivity contribution is 5.94. The van der Waals surface area contributed by atoms with Gasteiger partial charge in [-0.2, -0.15) is 0 Å². The maximum absolute atomic E-state index is 5.83. The first kappa shape index (κ1) is 13.3. The van der Waals surface area contributed by atoms with Crippen LogP contribution in [0.15, 0.2) is 30.5 Å². The lowest BCUT2D eigenvalue weighted by Gasteiger charge is -2.39. The van der Waals surface area contributed by atoms with Gasteiger partial charge >= 0.3 is 0 Å². The number of hydrogen-bond acceptors (Lipinski definition) is 4. The molecule has 1 unspecified atom stereocenters. The van der Waals surface area contributed by atoms with E-state index in [0.29, 0.717) is 12.6 Å². The SMILES string of the molecule is CC1CN(C)CCN1c1ncc(CN)c2ccccc12. The summed E-state index contributed by atoms with van der Waals surface area (Å²) in [4.78, 5) is 9.50. The van der Waals surface area contributed by atoms with E-state index < -0.39 is 0 Å². The zero-order valence-electron chi connectivity index (χ0n) is 12.2. The number of anilines is 1. The van der Waals surface area contributed by atoms with Crippen molar-refractivity contribution in [3.8, 4) is 0 Å². The van der Waals surface area contributed by atoms with Gasteiger partial charge in [-0.25, -0.2) is 4.98 Å². The molecule has 0 amide bonds. The Kier molecular flexibility index (Phi) is 3.59. The predicted octanol–water partition coefficient (Wildman–Crippen LogP) is 1.83. The van der Waals surface area contributed by atoms with E-state index in [0.717, 1.165) is 31.0 Å². The molecule has 3 rings (SSSR count). The number of fused-ring (bicyclic) bond motifs is 1. The van der Waals surface area contributed by atoms with Crippen LogP contribution in [0.3, 0.4) is 0 Å². The Labute approximate surface area is 120 Å². The second-order valence-corrected chi connectivity index (χ2v) is 5.66. The fourth-order valence-corrected chi connectivity index (χ4v) is 3.08. The molecule has 106 valence electrons. The molecule has 4 heteroatoms. The third-order valence-electron chi connectivity index (χ3n) is 4.18. The van der Waals surface area contributed by atoms with E-state index in [1.807, 2.05) is 6.20 Å². The van der Waals surface area contributed by atoms with Crippen molar-refractivity contribution in [1.29, 1.82) is 0 Å². The Hall–Kier alpha value is -1.65. The maximum Gasteiger partial charge on any atom is 0.136 e. The molecule has 0 bridgehead atoms. The number of benzene rings is 1. The lowest BCUT2D eigenvalue weighted by molar-refractivity contribution is 0.275. The molecule has 20 heavy (non-hydrogen) atoms. The average Bonchev–Trinajstić information content (AvgIpc) is 2.47. The Morgan fingerprint density at radius 2 is 2.00 bits per heavy atom. The van der Waals surface area contributed by atoms with Gasteiger partial charge in [0.2, 0.25) is 0 Å². The van der Waals surface area contributed by atoms with Crippen LogP contribution in [-0.4, -0.2) is 42.6 Å². The van der Waals surface area contributed by atoms with Crippen LogP contribution >= 0.6 is 0 Å². The molecule has 0 saturated carbocycles. The van der Waals surface area contributed by atoms with Crippen molar-refractivity contribution in [3.63, 3.8) is 0 Å². The number of rotatable bonds is 2. The van der Waals surface area contributed by atoms with Gasteiger partial charge < -0.3 is 15.5 Å². The average molecular weight is 270 g/mol. The van der Waals surface area contributed by atoms with E-state index in [-0.39, 0.29) is 0 Å². The number of nitrogens with two attached hydrogens (primary N) is 1. The van der Waals surface area contributed by atoms with Gasteiger partial charge in [0.25, 0.3) is 0 Å². The summed E-state index contributed by atoms with van der Waals surface area (Å²) < 4.78 is 0. The van der Waals surface area contributed by atoms with E-state index in [9.17, 15) is 0 Å². The molecule has 1 fully saturated rings. The number of pyridine rings is 1. The van der Waals surface area contributed by atoms with Crippen LogP contribution in [0.4, 0.5) is 5.82 Å². The highest BCUT2D eigenvalue weighted by atomic mass is 15.3. The second kappa shape index (κ2) is 5.38. The van der Waals surface area contributed by atoms with Gasteiger partial charge in [-0.15, -0.1) is 0 Å². The number of piperazine rings is 1. The van der Waals surface area contributed by atoms with E-state index in [1.54, 1.807) is 0 Å². The normalized spacial score (nSPS) is 20.6. The van der Waals surface area contributed by atoms with Crippen LogP contribution in [0.1, 0.15) is 12.5 Å². The molecule has 1 saturated heterocycles. The molecule has 0 radical (unpaired) electrons. The van der Waals surface area contributed by atoms with Gasteiger partial charge in [0.15, 0.2) is 0 Å². The van der Waals surface area contributed by atoms with E-state index in [2.05, 4.69) is 48.0 Å². The Balaban J connectivity index is 2.08. The van der Waals surface area contributed by atoms with Crippen molar-refractivity contribution in [2.75, 3.05) is 31.6 Å². The van der Waals surface area contributed by atoms with Gasteiger partial charge in [0, 0.05) is 43.8 Å². The fourth-order valence-electron chi connectivity index (χ4n) is 3.08. The largest absolute Gasteiger partial charge is 0.351 e. The van der Waals surface area contributed by atoms with E-state index >= 15 is 0 Å². The quantitative estimate of drug-likeness (QED) is 0.904. The second-order valence-electron chi connectivity index (χ2n) is 5.66. The van der Waals surface area contributed by atoms with E-state index in [1.165, 1.54) is 10.8 Å². The monoisotopic (exact) mass is 270 g/mol. The molecule has 1 aromatic carbocycles. The summed E-state index contributed by atoms with van der Waals surface area (Å²) in [7, 11) is 2.18. The molecule has 1 aromatic heterocycles. The first-order valence-electron chi connectivity index (χ1n) is 7.22. The molecule has 2 N–H and O–H groups in total. The highest BCUT2D eigenvalue weighted by Crippen LogP contribution is 2.29. The first-order valence-corrected chi connectivity index (χ1v) is 7.22. The molecule has 0 spiro atoms. The minimum Gasteiger partial charge on any atom is -0.351 e. The number of aromatic nitrogens is 1. The van der Waals surface area contributed by atoms with Crippen LogP contribution in [0.2, 0.25) is 0 Å². The molecule has 1 atom stereocenters. The number of nitrogens with zero attached hydrogens (tertiary/aromatic N) is 3. The predicted molar refractivity (Wildman–Crippen MR) is 83.9 cm³/mol. The lowest BCUT2D eigenvalue weighted by Crippen LogP contribution is -2.50. The summed E-state index contributed by atoms with van der Waals surface area (Å²) in [6.45, 7) is 5.99. The van der Waals surface area contributed by atoms with Crippen molar-refractivity contribution in [3.05, 3.63) is 36.0 Å². The summed E-state index contributed by atoms with van der Waals surface area (Å²) in [6.07, 6.45) is 1.93. The molecule has 2 heterocycles. The van der Waals surface area contributed by atoms with Crippen molar-refractivity contribution < 1.29 is 0 Å². The molecular formula is C16H22N4. The summed E-state index contributed by atoms with van der Waals surface area (Å²) in [5.74, 6) is 1.10. The Bertz CT molecular complexity index is 610. The number of likely N-dealkylation sites (N-methyl/N-ethyl adjacent to an activating group) is 1. The van der Waals surface area contributed by atoms with Crippen LogP contribution in [0, 0.1) is 0 Å². The van der Waals surface area contributed by atoms with Crippen molar-refractivity contribution in [2.24, 2.45) is 5.73 Å². The van der Waals surface area contributed by atoms with E-state index in [4.69, 9.17) is 10.7 Å². The molecule has 2 aromatic rings. The lowest BCUT2D eigenvalue weighted by atomic mass is 10.1. The standard InChI is InChI=1S/C16H22N4/c1-12-11-19(2)7-8-20(12)16-15-6-4-3-5-14(15)13(9-17)10-18-16/h3-6,10,12H,7-9,11,17H2,1-2H3. The third-order valence-corrected chi connectivity index (χ3v) is 4.18. The Morgan fingerprint density at radius 1 is 1.25 bits per heavy atom. The summed E-state index contributed by atoms with van der Waals surface area (Å²) in [5, 5.41) is 2.44. The molecule has 4 nitrogen and oxygen atoms in total. The van der Waals surface area contributed by atoms with Crippen LogP contribution in [0.5, 0.6) is 0 Å². The van der Waals surface area contributed by atoms with Gasteiger partial charge in [0.05, 0.1) is 0 Å². The first-order chi connectivity index (χ1) is 9.70. The molecular weight excluding hydrogens is 248 g/mol. The Morgan fingerprint density at radius 3 is 2.70 bits per heavy atom. The topological polar surface area (TPSA) is 45.4 Å². The van der Waals surface area contributed by atoms with Gasteiger partial charge in [-0.3, -0.25) is 0 Å². The maximum atomic E-state index is 5.83. The molecule has 0 aliphatic carbocycles. The van der Waals surface area contributed by atoms with Crippen LogP contribution in [0.25, 0.3) is 10.8 Å². The zero-order chi connectivity index (χ0) is 14.1. The number of hydrogen-bond donors (Lipinski definition) is 1. The van der Waals surface area contributed by atoms with Crippen molar-refractivity contribution in [1.82, 2.24) is 9.88 Å². The third kappa shape index (κ3) is 2.25. The molecule has 1 aliphatic heterocycles. The smallest absolute Gasteiger partial charge is 0.136 e. The minimum absolute atomic E-state index is 0.480. The van der Waals surface area contributed by atoms with Gasteiger partial charge in [0.1, 0.15) is 5.82 Å². The highest BCUT2D eigenvalue weighted by Gasteiger charge is 2.24. The summed E-state index contributed by atoms with van der Waals surface area (Å²) >= 11 is 0.